The van der Waals surface area contributed by atoms with Crippen molar-refractivity contribution in [3.05, 3.63) is 33.9 Å². The van der Waals surface area contributed by atoms with E-state index in [1.807, 2.05) is 6.07 Å². The van der Waals surface area contributed by atoms with Crippen LogP contribution in [0.2, 0.25) is 0 Å². The van der Waals surface area contributed by atoms with Gasteiger partial charge < -0.3 is 15.2 Å². The van der Waals surface area contributed by atoms with Crippen LogP contribution < -0.4 is 5.32 Å². The number of ether oxygens (including phenoxy) is 1. The van der Waals surface area contributed by atoms with Crippen molar-refractivity contribution < 1.29 is 19.6 Å². The predicted molar refractivity (Wildman–Crippen MR) is 64.3 cm³/mol. The van der Waals surface area contributed by atoms with Crippen molar-refractivity contribution in [2.75, 3.05) is 19.0 Å². The molecule has 1 rings (SSSR count). The van der Waals surface area contributed by atoms with Gasteiger partial charge in [-0.05, 0) is 12.1 Å². The molecule has 1 atom stereocenters. The summed E-state index contributed by atoms with van der Waals surface area (Å²) in [6.07, 6.45) is 0. The number of esters is 1. The number of rotatable bonds is 5. The molecule has 0 aliphatic heterocycles. The fourth-order valence-electron chi connectivity index (χ4n) is 1.39. The minimum absolute atomic E-state index is 0.0338. The number of nitrogens with one attached hydrogen (secondary N) is 1. The van der Waals surface area contributed by atoms with Crippen LogP contribution in [0.15, 0.2) is 18.2 Å². The second-order valence-electron chi connectivity index (χ2n) is 3.50. The number of aliphatic hydroxyl groups is 1. The van der Waals surface area contributed by atoms with Crippen LogP contribution in [0.5, 0.6) is 0 Å². The lowest BCUT2D eigenvalue weighted by molar-refractivity contribution is -0.384. The molecule has 100 valence electrons. The van der Waals surface area contributed by atoms with E-state index in [0.29, 0.717) is 0 Å². The zero-order chi connectivity index (χ0) is 14.4. The van der Waals surface area contributed by atoms with Crippen LogP contribution in [0.25, 0.3) is 0 Å². The maximum atomic E-state index is 11.3. The summed E-state index contributed by atoms with van der Waals surface area (Å²) in [6, 6.07) is 4.34. The summed E-state index contributed by atoms with van der Waals surface area (Å²) >= 11 is 0. The van der Waals surface area contributed by atoms with E-state index in [1.165, 1.54) is 12.1 Å². The highest BCUT2D eigenvalue weighted by Gasteiger charge is 2.22. The number of nitro groups is 1. The molecule has 8 heteroatoms. The van der Waals surface area contributed by atoms with Crippen LogP contribution in [-0.4, -0.2) is 35.8 Å². The number of hydrogen-bond acceptors (Lipinski definition) is 7. The van der Waals surface area contributed by atoms with Crippen LogP contribution in [0.1, 0.15) is 5.56 Å². The molecule has 0 aliphatic rings. The largest absolute Gasteiger partial charge is 0.467 e. The highest BCUT2D eigenvalue weighted by atomic mass is 16.6. The number of benzene rings is 1. The van der Waals surface area contributed by atoms with Crippen molar-refractivity contribution in [1.82, 2.24) is 0 Å². The third kappa shape index (κ3) is 3.40. The van der Waals surface area contributed by atoms with Gasteiger partial charge in [0.2, 0.25) is 0 Å². The molecule has 1 unspecified atom stereocenters. The zero-order valence-corrected chi connectivity index (χ0v) is 9.99. The lowest BCUT2D eigenvalue weighted by atomic mass is 10.1. The summed E-state index contributed by atoms with van der Waals surface area (Å²) in [5.41, 5.74) is -0.149. The van der Waals surface area contributed by atoms with Crippen LogP contribution in [-0.2, 0) is 9.53 Å². The molecule has 0 aromatic heterocycles. The quantitative estimate of drug-likeness (QED) is 0.448. The fourth-order valence-corrected chi connectivity index (χ4v) is 1.39. The van der Waals surface area contributed by atoms with Crippen molar-refractivity contribution >= 4 is 17.3 Å². The smallest absolute Gasteiger partial charge is 0.330 e. The Balaban J connectivity index is 3.13. The van der Waals surface area contributed by atoms with Gasteiger partial charge in [0.25, 0.3) is 5.69 Å². The summed E-state index contributed by atoms with van der Waals surface area (Å²) < 4.78 is 4.44. The molecule has 0 fully saturated rings. The normalized spacial score (nSPS) is 11.2. The molecule has 0 aliphatic carbocycles. The third-order valence-corrected chi connectivity index (χ3v) is 2.32. The van der Waals surface area contributed by atoms with Crippen molar-refractivity contribution in [1.29, 1.82) is 5.26 Å². The first-order valence-electron chi connectivity index (χ1n) is 5.17. The van der Waals surface area contributed by atoms with Crippen molar-refractivity contribution in [3.8, 4) is 6.07 Å². The highest BCUT2D eigenvalue weighted by molar-refractivity contribution is 5.81. The van der Waals surface area contributed by atoms with E-state index in [9.17, 15) is 14.9 Å². The molecular formula is C11H11N3O5. The number of nitriles is 1. The monoisotopic (exact) mass is 265 g/mol. The van der Waals surface area contributed by atoms with Crippen molar-refractivity contribution in [2.45, 2.75) is 6.04 Å². The van der Waals surface area contributed by atoms with Gasteiger partial charge in [0, 0.05) is 6.07 Å². The maximum Gasteiger partial charge on any atom is 0.330 e. The van der Waals surface area contributed by atoms with E-state index in [1.54, 1.807) is 0 Å². The summed E-state index contributed by atoms with van der Waals surface area (Å²) in [7, 11) is 1.13. The van der Waals surface area contributed by atoms with E-state index in [-0.39, 0.29) is 16.9 Å². The number of carbonyl (C=O) groups is 1. The lowest BCUT2D eigenvalue weighted by Gasteiger charge is -2.15. The van der Waals surface area contributed by atoms with Crippen molar-refractivity contribution in [3.63, 3.8) is 0 Å². The van der Waals surface area contributed by atoms with E-state index in [0.717, 1.165) is 13.2 Å². The Morgan fingerprint density at radius 1 is 1.68 bits per heavy atom. The maximum absolute atomic E-state index is 11.3. The molecule has 0 saturated carbocycles. The summed E-state index contributed by atoms with van der Waals surface area (Å²) in [6.45, 7) is -0.597. The second kappa shape index (κ2) is 6.32. The summed E-state index contributed by atoms with van der Waals surface area (Å²) in [5.74, 6) is -0.765. The molecule has 1 aromatic carbocycles. The Kier molecular flexibility index (Phi) is 4.79. The first-order chi connectivity index (χ1) is 9.03. The molecule has 8 nitrogen and oxygen atoms in total. The van der Waals surface area contributed by atoms with Gasteiger partial charge >= 0.3 is 5.97 Å². The average molecular weight is 265 g/mol. The Labute approximate surface area is 108 Å². The van der Waals surface area contributed by atoms with E-state index < -0.39 is 23.5 Å². The first kappa shape index (κ1) is 14.4. The minimum Gasteiger partial charge on any atom is -0.467 e. The number of anilines is 1. The average Bonchev–Trinajstić information content (AvgIpc) is 2.43. The van der Waals surface area contributed by atoms with Crippen LogP contribution >= 0.6 is 0 Å². The molecule has 0 radical (unpaired) electrons. The molecule has 0 bridgehead atoms. The number of hydrogen-bond donors (Lipinski definition) is 2. The molecule has 0 saturated heterocycles. The third-order valence-electron chi connectivity index (χ3n) is 2.32. The first-order valence-corrected chi connectivity index (χ1v) is 5.17. The minimum atomic E-state index is -1.14. The number of carbonyl (C=O) groups excluding carboxylic acids is 1. The molecule has 19 heavy (non-hydrogen) atoms. The van der Waals surface area contributed by atoms with E-state index in [2.05, 4.69) is 10.1 Å². The standard InChI is InChI=1S/C11H11N3O5/c1-19-11(16)9(6-15)13-8-4-7(5-12)2-3-10(8)14(17)18/h2-4,9,13,15H,6H2,1H3. The molecule has 0 heterocycles. The van der Waals surface area contributed by atoms with Crippen LogP contribution in [0.4, 0.5) is 11.4 Å². The fraction of sp³-hybridized carbons (Fsp3) is 0.273. The Hall–Kier alpha value is -2.66. The van der Waals surface area contributed by atoms with Gasteiger partial charge in [-0.1, -0.05) is 0 Å². The Morgan fingerprint density at radius 2 is 2.37 bits per heavy atom. The molecular weight excluding hydrogens is 254 g/mol. The van der Waals surface area contributed by atoms with Gasteiger partial charge in [-0.2, -0.15) is 5.26 Å². The topological polar surface area (TPSA) is 125 Å². The van der Waals surface area contributed by atoms with Gasteiger partial charge in [0.05, 0.1) is 30.3 Å². The summed E-state index contributed by atoms with van der Waals surface area (Å²) in [5, 5.41) is 31.1. The Morgan fingerprint density at radius 3 is 2.84 bits per heavy atom. The number of nitrogens with zero attached hydrogens (tertiary/aromatic N) is 2. The number of methoxy groups -OCH3 is 1. The molecule has 0 amide bonds. The predicted octanol–water partition coefficient (Wildman–Crippen LogP) is 0.412. The zero-order valence-electron chi connectivity index (χ0n) is 9.99. The van der Waals surface area contributed by atoms with Gasteiger partial charge in [-0.15, -0.1) is 0 Å². The number of aliphatic hydroxyl groups excluding tert-OH is 1. The van der Waals surface area contributed by atoms with Gasteiger partial charge in [0.1, 0.15) is 11.7 Å². The summed E-state index contributed by atoms with van der Waals surface area (Å²) in [4.78, 5) is 21.5. The second-order valence-corrected chi connectivity index (χ2v) is 3.50. The van der Waals surface area contributed by atoms with Crippen LogP contribution in [0.3, 0.4) is 0 Å². The van der Waals surface area contributed by atoms with E-state index >= 15 is 0 Å². The SMILES string of the molecule is COC(=O)C(CO)Nc1cc(C#N)ccc1[N+](=O)[O-]. The van der Waals surface area contributed by atoms with Gasteiger partial charge in [-0.25, -0.2) is 4.79 Å². The molecule has 0 spiro atoms. The Bertz CT molecular complexity index is 538. The van der Waals surface area contributed by atoms with E-state index in [4.69, 9.17) is 10.4 Å². The van der Waals surface area contributed by atoms with Gasteiger partial charge in [0.15, 0.2) is 0 Å². The lowest BCUT2D eigenvalue weighted by Crippen LogP contribution is -2.34. The molecule has 1 aromatic rings. The molecule has 2 N–H and O–H groups in total. The van der Waals surface area contributed by atoms with Gasteiger partial charge in [-0.3, -0.25) is 10.1 Å². The van der Waals surface area contributed by atoms with Crippen molar-refractivity contribution in [2.24, 2.45) is 0 Å². The number of nitro benzene ring substituents is 1. The van der Waals surface area contributed by atoms with Crippen LogP contribution in [0, 0.1) is 21.4 Å². The highest BCUT2D eigenvalue weighted by Crippen LogP contribution is 2.26.